The summed E-state index contributed by atoms with van der Waals surface area (Å²) in [6.45, 7) is 4.56. The van der Waals surface area contributed by atoms with E-state index in [-0.39, 0.29) is 0 Å². The van der Waals surface area contributed by atoms with Crippen LogP contribution in [-0.2, 0) is 0 Å². The molecule has 0 radical (unpaired) electrons. The topological polar surface area (TPSA) is 0 Å². The fourth-order valence-corrected chi connectivity index (χ4v) is 5.00. The van der Waals surface area contributed by atoms with Crippen LogP contribution in [0.4, 0.5) is 0 Å². The molecule has 0 spiro atoms. The minimum atomic E-state index is 0.565. The average molecular weight is 366 g/mol. The van der Waals surface area contributed by atoms with E-state index < -0.39 is 0 Å². The Morgan fingerprint density at radius 3 is 2.44 bits per heavy atom. The van der Waals surface area contributed by atoms with Gasteiger partial charge in [0.15, 0.2) is 0 Å². The zero-order valence-corrected chi connectivity index (χ0v) is 13.8. The summed E-state index contributed by atoms with van der Waals surface area (Å²) in [7, 11) is 0. The summed E-state index contributed by atoms with van der Waals surface area (Å²) in [6, 6.07) is 2.29. The number of hydrogen-bond acceptors (Lipinski definition) is 1. The van der Waals surface area contributed by atoms with Crippen LogP contribution in [0.5, 0.6) is 0 Å². The Balaban J connectivity index is 2.04. The van der Waals surface area contributed by atoms with Gasteiger partial charge in [0.05, 0.1) is 4.83 Å². The molecular weight excluding hydrogens is 348 g/mol. The highest BCUT2D eigenvalue weighted by Crippen LogP contribution is 2.44. The molecule has 1 aromatic rings. The quantitative estimate of drug-likeness (QED) is 0.557. The number of alkyl halides is 1. The Bertz CT molecular complexity index is 331. The molecule has 1 aliphatic rings. The maximum absolute atomic E-state index is 3.90. The normalized spacial score (nSPS) is 28.0. The smallest absolute Gasteiger partial charge is 0.0517 e. The first-order valence-electron chi connectivity index (χ1n) is 5.98. The second kappa shape index (κ2) is 5.53. The lowest BCUT2D eigenvalue weighted by Crippen LogP contribution is -2.15. The van der Waals surface area contributed by atoms with Gasteiger partial charge >= 0.3 is 0 Å². The van der Waals surface area contributed by atoms with Crippen LogP contribution < -0.4 is 0 Å². The first kappa shape index (κ1) is 13.1. The Morgan fingerprint density at radius 1 is 1.31 bits per heavy atom. The van der Waals surface area contributed by atoms with Crippen LogP contribution >= 0.6 is 43.2 Å². The molecule has 16 heavy (non-hydrogen) atoms. The molecule has 0 amide bonds. The van der Waals surface area contributed by atoms with E-state index in [0.717, 1.165) is 11.8 Å². The summed E-state index contributed by atoms with van der Waals surface area (Å²) in [6.07, 6.45) is 5.56. The number of thiophene rings is 1. The summed E-state index contributed by atoms with van der Waals surface area (Å²) in [5.74, 6) is 1.77. The summed E-state index contributed by atoms with van der Waals surface area (Å²) >= 11 is 9.44. The largest absolute Gasteiger partial charge is 0.143 e. The van der Waals surface area contributed by atoms with Crippen LogP contribution in [-0.4, -0.2) is 0 Å². The highest BCUT2D eigenvalue weighted by Gasteiger charge is 2.26. The molecule has 0 bridgehead atoms. The number of rotatable bonds is 2. The van der Waals surface area contributed by atoms with Crippen molar-refractivity contribution in [2.24, 2.45) is 11.8 Å². The molecule has 3 heteroatoms. The number of aryl methyl sites for hydroxylation is 1. The van der Waals surface area contributed by atoms with E-state index in [0.29, 0.717) is 4.83 Å². The molecule has 0 aromatic carbocycles. The maximum atomic E-state index is 3.90. The molecule has 0 saturated heterocycles. The highest BCUT2D eigenvalue weighted by atomic mass is 79.9. The van der Waals surface area contributed by atoms with Crippen molar-refractivity contribution in [3.63, 3.8) is 0 Å². The molecular formula is C13H18Br2S. The van der Waals surface area contributed by atoms with Crippen molar-refractivity contribution >= 4 is 43.2 Å². The van der Waals surface area contributed by atoms with Gasteiger partial charge in [-0.15, -0.1) is 11.3 Å². The van der Waals surface area contributed by atoms with Gasteiger partial charge in [0.1, 0.15) is 0 Å². The zero-order chi connectivity index (χ0) is 11.7. The van der Waals surface area contributed by atoms with E-state index in [1.807, 2.05) is 11.3 Å². The van der Waals surface area contributed by atoms with Crippen LogP contribution in [0.1, 0.15) is 47.2 Å². The van der Waals surface area contributed by atoms with Crippen molar-refractivity contribution in [2.45, 2.75) is 44.4 Å². The van der Waals surface area contributed by atoms with Crippen LogP contribution in [0.2, 0.25) is 0 Å². The predicted octanol–water partition coefficient (Wildman–Crippen LogP) is 6.08. The lowest BCUT2D eigenvalue weighted by atomic mass is 9.81. The fourth-order valence-electron chi connectivity index (χ4n) is 2.43. The van der Waals surface area contributed by atoms with Crippen molar-refractivity contribution in [2.75, 3.05) is 0 Å². The molecule has 1 atom stereocenters. The first-order valence-corrected chi connectivity index (χ1v) is 8.50. The Labute approximate surface area is 119 Å². The van der Waals surface area contributed by atoms with E-state index in [2.05, 4.69) is 51.8 Å². The van der Waals surface area contributed by atoms with Gasteiger partial charge in [-0.3, -0.25) is 0 Å². The second-order valence-corrected chi connectivity index (χ2v) is 8.10. The third-order valence-corrected chi connectivity index (χ3v) is 7.39. The Hall–Kier alpha value is 0.660. The molecule has 1 heterocycles. The summed E-state index contributed by atoms with van der Waals surface area (Å²) in [5, 5.41) is 0. The predicted molar refractivity (Wildman–Crippen MR) is 79.5 cm³/mol. The summed E-state index contributed by atoms with van der Waals surface area (Å²) in [5.41, 5.74) is 0. The molecule has 1 aliphatic carbocycles. The maximum Gasteiger partial charge on any atom is 0.0517 e. The molecule has 1 fully saturated rings. The zero-order valence-electron chi connectivity index (χ0n) is 9.80. The van der Waals surface area contributed by atoms with Gasteiger partial charge in [-0.05, 0) is 53.6 Å². The average Bonchev–Trinajstić information content (AvgIpc) is 2.59. The molecule has 0 nitrogen and oxygen atoms in total. The van der Waals surface area contributed by atoms with Gasteiger partial charge in [0.25, 0.3) is 0 Å². The van der Waals surface area contributed by atoms with E-state index in [4.69, 9.17) is 0 Å². The molecule has 1 saturated carbocycles. The van der Waals surface area contributed by atoms with E-state index in [1.54, 1.807) is 0 Å². The Morgan fingerprint density at radius 2 is 1.94 bits per heavy atom. The van der Waals surface area contributed by atoms with E-state index in [9.17, 15) is 0 Å². The molecule has 0 aliphatic heterocycles. The van der Waals surface area contributed by atoms with Gasteiger partial charge in [-0.25, -0.2) is 0 Å². The van der Waals surface area contributed by atoms with Gasteiger partial charge < -0.3 is 0 Å². The Kier molecular flexibility index (Phi) is 4.53. The lowest BCUT2D eigenvalue weighted by molar-refractivity contribution is 0.288. The standard InChI is InChI=1S/C13H18Br2S/c1-8-3-5-10(6-4-8)13(15)12-7-11(14)9(2)16-12/h7-8,10,13H,3-6H2,1-2H3. The second-order valence-electron chi connectivity index (χ2n) is 4.97. The third-order valence-electron chi connectivity index (χ3n) is 3.62. The third kappa shape index (κ3) is 2.91. The SMILES string of the molecule is Cc1sc(C(Br)C2CCC(C)CC2)cc1Br. The minimum absolute atomic E-state index is 0.565. The number of hydrogen-bond donors (Lipinski definition) is 0. The van der Waals surface area contributed by atoms with E-state index in [1.165, 1.54) is 39.9 Å². The van der Waals surface area contributed by atoms with Crippen molar-refractivity contribution in [1.82, 2.24) is 0 Å². The van der Waals surface area contributed by atoms with Crippen LogP contribution in [0.25, 0.3) is 0 Å². The van der Waals surface area contributed by atoms with Gasteiger partial charge in [0, 0.05) is 14.2 Å². The van der Waals surface area contributed by atoms with E-state index >= 15 is 0 Å². The lowest BCUT2D eigenvalue weighted by Gasteiger charge is -2.29. The molecule has 1 unspecified atom stereocenters. The van der Waals surface area contributed by atoms with Crippen molar-refractivity contribution in [3.05, 3.63) is 20.3 Å². The minimum Gasteiger partial charge on any atom is -0.143 e. The van der Waals surface area contributed by atoms with Crippen LogP contribution in [0.3, 0.4) is 0 Å². The first-order chi connectivity index (χ1) is 7.58. The summed E-state index contributed by atoms with van der Waals surface area (Å²) < 4.78 is 1.26. The van der Waals surface area contributed by atoms with Gasteiger partial charge in [-0.2, -0.15) is 0 Å². The van der Waals surface area contributed by atoms with Gasteiger partial charge in [-0.1, -0.05) is 35.7 Å². The molecule has 2 rings (SSSR count). The van der Waals surface area contributed by atoms with Crippen molar-refractivity contribution in [3.8, 4) is 0 Å². The highest BCUT2D eigenvalue weighted by molar-refractivity contribution is 9.10. The fraction of sp³-hybridized carbons (Fsp3) is 0.692. The van der Waals surface area contributed by atoms with Gasteiger partial charge in [0.2, 0.25) is 0 Å². The molecule has 0 N–H and O–H groups in total. The van der Waals surface area contributed by atoms with Crippen LogP contribution in [0.15, 0.2) is 10.5 Å². The van der Waals surface area contributed by atoms with Crippen LogP contribution in [0, 0.1) is 18.8 Å². The summed E-state index contributed by atoms with van der Waals surface area (Å²) in [4.78, 5) is 3.45. The molecule has 1 aromatic heterocycles. The molecule has 90 valence electrons. The van der Waals surface area contributed by atoms with Crippen molar-refractivity contribution in [1.29, 1.82) is 0 Å². The number of halogens is 2. The monoisotopic (exact) mass is 364 g/mol. The van der Waals surface area contributed by atoms with Crippen molar-refractivity contribution < 1.29 is 0 Å².